The number of hydrogen-bond acceptors (Lipinski definition) is 1. The lowest BCUT2D eigenvalue weighted by molar-refractivity contribution is 0.857. The van der Waals surface area contributed by atoms with Crippen LogP contribution in [0.4, 0.5) is 0 Å². The minimum atomic E-state index is -1.25. The van der Waals surface area contributed by atoms with Gasteiger partial charge in [0.1, 0.15) is 0 Å². The van der Waals surface area contributed by atoms with Crippen molar-refractivity contribution in [3.05, 3.63) is 30.3 Å². The fourth-order valence-corrected chi connectivity index (χ4v) is 8.91. The lowest BCUT2D eigenvalue weighted by atomic mass is 10.3. The summed E-state index contributed by atoms with van der Waals surface area (Å²) in [7, 11) is -1.25. The summed E-state index contributed by atoms with van der Waals surface area (Å²) in [6.45, 7) is 5.11. The Balaban J connectivity index is 2.24. The van der Waals surface area contributed by atoms with Gasteiger partial charge in [0.05, 0.1) is 8.07 Å². The summed E-state index contributed by atoms with van der Waals surface area (Å²) in [5, 5.41) is 2.56. The highest BCUT2D eigenvalue weighted by Crippen LogP contribution is 2.44. The smallest absolute Gasteiger partial charge is 0.0847 e. The zero-order valence-corrected chi connectivity index (χ0v) is 12.4. The molecule has 16 heavy (non-hydrogen) atoms. The molecule has 1 aliphatic carbocycles. The van der Waals surface area contributed by atoms with Crippen LogP contribution >= 0.6 is 11.8 Å². The van der Waals surface area contributed by atoms with Crippen molar-refractivity contribution in [2.45, 2.75) is 43.1 Å². The molecular weight excluding hydrogens is 228 g/mol. The first-order chi connectivity index (χ1) is 7.66. The van der Waals surface area contributed by atoms with Gasteiger partial charge in [0.2, 0.25) is 0 Å². The summed E-state index contributed by atoms with van der Waals surface area (Å²) in [4.78, 5) is 0. The zero-order chi connectivity index (χ0) is 11.6. The van der Waals surface area contributed by atoms with Crippen molar-refractivity contribution >= 4 is 25.0 Å². The second-order valence-electron chi connectivity index (χ2n) is 5.40. The van der Waals surface area contributed by atoms with Crippen LogP contribution in [0.3, 0.4) is 0 Å². The predicted molar refractivity (Wildman–Crippen MR) is 78.5 cm³/mol. The highest BCUT2D eigenvalue weighted by atomic mass is 32.2. The van der Waals surface area contributed by atoms with Gasteiger partial charge in [-0.05, 0) is 18.2 Å². The van der Waals surface area contributed by atoms with Crippen LogP contribution in [0.2, 0.25) is 18.6 Å². The Morgan fingerprint density at radius 2 is 1.81 bits per heavy atom. The molecule has 0 aromatic heterocycles. The van der Waals surface area contributed by atoms with E-state index in [9.17, 15) is 0 Å². The van der Waals surface area contributed by atoms with Crippen LogP contribution in [0.5, 0.6) is 0 Å². The number of rotatable bonds is 3. The van der Waals surface area contributed by atoms with E-state index < -0.39 is 8.07 Å². The van der Waals surface area contributed by atoms with Crippen molar-refractivity contribution in [3.63, 3.8) is 0 Å². The fraction of sp³-hybridized carbons (Fsp3) is 0.571. The molecule has 2 rings (SSSR count). The average molecular weight is 250 g/mol. The Morgan fingerprint density at radius 3 is 2.44 bits per heavy atom. The van der Waals surface area contributed by atoms with E-state index in [2.05, 4.69) is 61.4 Å². The molecule has 0 amide bonds. The standard InChI is InChI=1S/C14H22SSi/c1-15-13-10-7-11-14(13)16(2,3)12-8-5-4-6-9-12/h4-6,8-9,13-14H,7,10-11H2,1-3H3/t13-,14-/m0/s1. The van der Waals surface area contributed by atoms with E-state index in [0.29, 0.717) is 0 Å². The second kappa shape index (κ2) is 4.97. The summed E-state index contributed by atoms with van der Waals surface area (Å²) < 4.78 is 0. The van der Waals surface area contributed by atoms with Gasteiger partial charge in [-0.3, -0.25) is 0 Å². The van der Waals surface area contributed by atoms with Crippen molar-refractivity contribution in [1.82, 2.24) is 0 Å². The largest absolute Gasteiger partial charge is 0.162 e. The highest BCUT2D eigenvalue weighted by Gasteiger charge is 2.40. The van der Waals surface area contributed by atoms with E-state index in [1.54, 1.807) is 5.19 Å². The van der Waals surface area contributed by atoms with Crippen LogP contribution in [0.25, 0.3) is 0 Å². The normalized spacial score (nSPS) is 25.9. The van der Waals surface area contributed by atoms with Gasteiger partial charge in [-0.25, -0.2) is 0 Å². The third kappa shape index (κ3) is 2.23. The minimum Gasteiger partial charge on any atom is -0.162 e. The first kappa shape index (κ1) is 12.2. The van der Waals surface area contributed by atoms with Crippen LogP contribution < -0.4 is 5.19 Å². The predicted octanol–water partition coefficient (Wildman–Crippen LogP) is 3.89. The summed E-state index contributed by atoms with van der Waals surface area (Å²) in [6, 6.07) is 11.2. The second-order valence-corrected chi connectivity index (χ2v) is 11.2. The molecule has 2 heteroatoms. The van der Waals surface area contributed by atoms with Gasteiger partial charge in [0.15, 0.2) is 0 Å². The topological polar surface area (TPSA) is 0 Å². The molecule has 88 valence electrons. The van der Waals surface area contributed by atoms with Gasteiger partial charge in [0.25, 0.3) is 0 Å². The van der Waals surface area contributed by atoms with Gasteiger partial charge < -0.3 is 0 Å². The maximum atomic E-state index is 2.56. The summed E-state index contributed by atoms with van der Waals surface area (Å²) in [5.74, 6) is 0. The highest BCUT2D eigenvalue weighted by molar-refractivity contribution is 7.99. The molecule has 0 aliphatic heterocycles. The van der Waals surface area contributed by atoms with E-state index in [1.807, 2.05) is 0 Å². The van der Waals surface area contributed by atoms with Crippen LogP contribution in [-0.2, 0) is 0 Å². The molecule has 1 aromatic carbocycles. The Kier molecular flexibility index (Phi) is 3.80. The molecule has 0 radical (unpaired) electrons. The molecule has 0 nitrogen and oxygen atoms in total. The zero-order valence-electron chi connectivity index (χ0n) is 10.6. The Labute approximate surface area is 105 Å². The lowest BCUT2D eigenvalue weighted by Gasteiger charge is -2.33. The number of hydrogen-bond donors (Lipinski definition) is 0. The third-order valence-corrected chi connectivity index (χ3v) is 9.98. The van der Waals surface area contributed by atoms with Crippen molar-refractivity contribution in [2.75, 3.05) is 6.26 Å². The monoisotopic (exact) mass is 250 g/mol. The van der Waals surface area contributed by atoms with E-state index in [0.717, 1.165) is 10.8 Å². The van der Waals surface area contributed by atoms with Crippen molar-refractivity contribution in [1.29, 1.82) is 0 Å². The van der Waals surface area contributed by atoms with Gasteiger partial charge in [-0.15, -0.1) is 0 Å². The molecule has 0 heterocycles. The van der Waals surface area contributed by atoms with E-state index in [4.69, 9.17) is 0 Å². The maximum Gasteiger partial charge on any atom is 0.0847 e. The molecule has 1 aromatic rings. The SMILES string of the molecule is CS[C@H]1CCC[C@@H]1[Si](C)(C)c1ccccc1. The molecule has 0 spiro atoms. The minimum absolute atomic E-state index is 0.918. The van der Waals surface area contributed by atoms with Gasteiger partial charge in [-0.1, -0.05) is 61.5 Å². The molecule has 0 bridgehead atoms. The van der Waals surface area contributed by atoms with Crippen LogP contribution in [0.1, 0.15) is 19.3 Å². The first-order valence-electron chi connectivity index (χ1n) is 6.24. The molecule has 1 fully saturated rings. The molecule has 0 saturated heterocycles. The van der Waals surface area contributed by atoms with Crippen LogP contribution in [0.15, 0.2) is 30.3 Å². The van der Waals surface area contributed by atoms with Gasteiger partial charge in [0, 0.05) is 5.25 Å². The van der Waals surface area contributed by atoms with Gasteiger partial charge in [-0.2, -0.15) is 11.8 Å². The van der Waals surface area contributed by atoms with E-state index in [-0.39, 0.29) is 0 Å². The fourth-order valence-electron chi connectivity index (χ4n) is 3.12. The Morgan fingerprint density at radius 1 is 1.12 bits per heavy atom. The van der Waals surface area contributed by atoms with E-state index >= 15 is 0 Å². The Hall–Kier alpha value is -0.213. The molecule has 0 unspecified atom stereocenters. The molecule has 2 atom stereocenters. The van der Waals surface area contributed by atoms with Gasteiger partial charge >= 0.3 is 0 Å². The molecule has 1 saturated carbocycles. The maximum absolute atomic E-state index is 2.56. The summed E-state index contributed by atoms with van der Waals surface area (Å²) in [6.07, 6.45) is 6.63. The van der Waals surface area contributed by atoms with Crippen molar-refractivity contribution in [2.24, 2.45) is 0 Å². The Bertz CT molecular complexity index is 334. The lowest BCUT2D eigenvalue weighted by Crippen LogP contribution is -2.47. The molecular formula is C14H22SSi. The third-order valence-electron chi connectivity index (χ3n) is 4.20. The first-order valence-corrected chi connectivity index (χ1v) is 10.6. The molecule has 1 aliphatic rings. The number of thioether (sulfide) groups is 1. The average Bonchev–Trinajstić information content (AvgIpc) is 2.79. The van der Waals surface area contributed by atoms with Crippen LogP contribution in [0, 0.1) is 0 Å². The van der Waals surface area contributed by atoms with Crippen molar-refractivity contribution < 1.29 is 0 Å². The summed E-state index contributed by atoms with van der Waals surface area (Å²) >= 11 is 2.10. The van der Waals surface area contributed by atoms with Crippen molar-refractivity contribution in [3.8, 4) is 0 Å². The van der Waals surface area contributed by atoms with E-state index in [1.165, 1.54) is 19.3 Å². The molecule has 0 N–H and O–H groups in total. The van der Waals surface area contributed by atoms with Crippen LogP contribution in [-0.4, -0.2) is 19.6 Å². The summed E-state index contributed by atoms with van der Waals surface area (Å²) in [5.41, 5.74) is 0.977. The quantitative estimate of drug-likeness (QED) is 0.734. The number of benzene rings is 1.